The maximum atomic E-state index is 13.2. The summed E-state index contributed by atoms with van der Waals surface area (Å²) < 4.78 is 18.6. The largest absolute Gasteiger partial charge is 0.394 e. The van der Waals surface area contributed by atoms with E-state index in [0.717, 1.165) is 16.7 Å². The number of carbonyl (C=O) groups excluding carboxylic acids is 1. The fourth-order valence-electron chi connectivity index (χ4n) is 4.22. The first kappa shape index (κ1) is 28.2. The Hall–Kier alpha value is -3.81. The van der Waals surface area contributed by atoms with E-state index in [1.165, 1.54) is 0 Å². The average Bonchev–Trinajstić information content (AvgIpc) is 3.00. The van der Waals surface area contributed by atoms with E-state index in [2.05, 4.69) is 5.32 Å². The zero-order valence-electron chi connectivity index (χ0n) is 21.9. The summed E-state index contributed by atoms with van der Waals surface area (Å²) in [4.78, 5) is 13.2. The SMILES string of the molecule is O=C(N[C@H](COCc1ccccc1)[C@@H](OCc1ccccc1)[C@@H](CO)OCc1ccccc1)c1ccccc1. The maximum Gasteiger partial charge on any atom is 0.251 e. The van der Waals surface area contributed by atoms with Crippen LogP contribution in [0.3, 0.4) is 0 Å². The third kappa shape index (κ3) is 9.16. The van der Waals surface area contributed by atoms with Gasteiger partial charge in [-0.1, -0.05) is 109 Å². The van der Waals surface area contributed by atoms with Crippen molar-refractivity contribution < 1.29 is 24.1 Å². The van der Waals surface area contributed by atoms with Gasteiger partial charge in [0.25, 0.3) is 5.91 Å². The van der Waals surface area contributed by atoms with Gasteiger partial charge in [-0.25, -0.2) is 0 Å². The van der Waals surface area contributed by atoms with E-state index in [1.807, 2.05) is 109 Å². The topological polar surface area (TPSA) is 77.0 Å². The van der Waals surface area contributed by atoms with Crippen molar-refractivity contribution >= 4 is 5.91 Å². The number of ether oxygens (including phenoxy) is 3. The molecule has 2 N–H and O–H groups in total. The molecule has 4 aromatic rings. The summed E-state index contributed by atoms with van der Waals surface area (Å²) in [5, 5.41) is 13.5. The minimum atomic E-state index is -0.713. The van der Waals surface area contributed by atoms with Crippen LogP contribution in [0.2, 0.25) is 0 Å². The molecule has 0 fully saturated rings. The van der Waals surface area contributed by atoms with Gasteiger partial charge >= 0.3 is 0 Å². The molecule has 6 heteroatoms. The highest BCUT2D eigenvalue weighted by atomic mass is 16.5. The summed E-state index contributed by atoms with van der Waals surface area (Å²) in [7, 11) is 0. The van der Waals surface area contributed by atoms with Gasteiger partial charge in [-0.3, -0.25) is 4.79 Å². The molecule has 0 aromatic heterocycles. The van der Waals surface area contributed by atoms with Gasteiger partial charge in [-0.2, -0.15) is 0 Å². The number of nitrogens with one attached hydrogen (secondary N) is 1. The molecule has 1 amide bonds. The summed E-state index contributed by atoms with van der Waals surface area (Å²) in [5.74, 6) is -0.253. The van der Waals surface area contributed by atoms with E-state index in [-0.39, 0.29) is 25.7 Å². The summed E-state index contributed by atoms with van der Waals surface area (Å²) in [6.07, 6.45) is -1.40. The molecule has 4 aromatic carbocycles. The third-order valence-electron chi connectivity index (χ3n) is 6.30. The second kappa shape index (κ2) is 15.6. The summed E-state index contributed by atoms with van der Waals surface area (Å²) in [6, 6.07) is 37.8. The van der Waals surface area contributed by atoms with Crippen LogP contribution in [0.4, 0.5) is 0 Å². The number of aliphatic hydroxyl groups is 1. The fraction of sp³-hybridized carbons (Fsp3) is 0.242. The number of carbonyl (C=O) groups is 1. The Morgan fingerprint density at radius 2 is 1.10 bits per heavy atom. The highest BCUT2D eigenvalue weighted by Crippen LogP contribution is 2.17. The average molecular weight is 526 g/mol. The normalized spacial score (nSPS) is 13.4. The number of benzene rings is 4. The Morgan fingerprint density at radius 3 is 1.62 bits per heavy atom. The lowest BCUT2D eigenvalue weighted by atomic mass is 10.0. The van der Waals surface area contributed by atoms with Gasteiger partial charge in [-0.15, -0.1) is 0 Å². The molecule has 0 aliphatic carbocycles. The molecule has 4 rings (SSSR count). The number of hydrogen-bond donors (Lipinski definition) is 2. The van der Waals surface area contributed by atoms with Crippen molar-refractivity contribution in [1.29, 1.82) is 0 Å². The van der Waals surface area contributed by atoms with Gasteiger partial charge in [0.1, 0.15) is 12.2 Å². The molecule has 0 saturated heterocycles. The minimum Gasteiger partial charge on any atom is -0.394 e. The van der Waals surface area contributed by atoms with Crippen LogP contribution in [-0.2, 0) is 34.0 Å². The molecule has 39 heavy (non-hydrogen) atoms. The number of rotatable bonds is 15. The number of amides is 1. The maximum absolute atomic E-state index is 13.2. The Morgan fingerprint density at radius 1 is 0.641 bits per heavy atom. The summed E-state index contributed by atoms with van der Waals surface area (Å²) in [6.45, 7) is 0.827. The molecule has 0 aliphatic heterocycles. The molecule has 3 atom stereocenters. The quantitative estimate of drug-likeness (QED) is 0.224. The van der Waals surface area contributed by atoms with Crippen LogP contribution in [0.5, 0.6) is 0 Å². The van der Waals surface area contributed by atoms with Crippen molar-refractivity contribution in [2.45, 2.75) is 38.1 Å². The van der Waals surface area contributed by atoms with Crippen molar-refractivity contribution in [3.63, 3.8) is 0 Å². The fourth-order valence-corrected chi connectivity index (χ4v) is 4.22. The van der Waals surface area contributed by atoms with E-state index in [4.69, 9.17) is 14.2 Å². The van der Waals surface area contributed by atoms with Crippen LogP contribution in [0, 0.1) is 0 Å². The van der Waals surface area contributed by atoms with Gasteiger partial charge in [0.15, 0.2) is 0 Å². The van der Waals surface area contributed by atoms with E-state index in [0.29, 0.717) is 18.8 Å². The first-order chi connectivity index (χ1) is 19.2. The lowest BCUT2D eigenvalue weighted by molar-refractivity contribution is -0.123. The van der Waals surface area contributed by atoms with Crippen LogP contribution >= 0.6 is 0 Å². The zero-order chi connectivity index (χ0) is 27.1. The second-order valence-electron chi connectivity index (χ2n) is 9.23. The second-order valence-corrected chi connectivity index (χ2v) is 9.23. The molecule has 6 nitrogen and oxygen atoms in total. The van der Waals surface area contributed by atoms with Crippen molar-refractivity contribution in [1.82, 2.24) is 5.32 Å². The van der Waals surface area contributed by atoms with Crippen molar-refractivity contribution in [3.8, 4) is 0 Å². The highest BCUT2D eigenvalue weighted by molar-refractivity contribution is 5.94. The molecule has 0 bridgehead atoms. The van der Waals surface area contributed by atoms with Crippen LogP contribution in [0.15, 0.2) is 121 Å². The standard InChI is InChI=1S/C33H35NO5/c35-21-31(38-23-27-15-7-2-8-16-27)32(39-24-28-17-9-3-10-18-28)30(25-37-22-26-13-5-1-6-14-26)34-33(36)29-19-11-4-12-20-29/h1-20,30-32,35H,21-25H2,(H,34,36)/t30-,31-,32-/m1/s1. The van der Waals surface area contributed by atoms with Gasteiger partial charge in [0.05, 0.1) is 39.1 Å². The molecule has 0 saturated carbocycles. The smallest absolute Gasteiger partial charge is 0.251 e. The number of hydrogen-bond acceptors (Lipinski definition) is 5. The highest BCUT2D eigenvalue weighted by Gasteiger charge is 2.33. The van der Waals surface area contributed by atoms with Crippen LogP contribution in [-0.4, -0.2) is 42.5 Å². The molecule has 0 aliphatic rings. The molecule has 0 heterocycles. The Labute approximate surface area is 230 Å². The molecule has 0 radical (unpaired) electrons. The Balaban J connectivity index is 1.55. The molecular weight excluding hydrogens is 490 g/mol. The first-order valence-electron chi connectivity index (χ1n) is 13.1. The summed E-state index contributed by atoms with van der Waals surface area (Å²) >= 11 is 0. The van der Waals surface area contributed by atoms with Gasteiger partial charge in [0, 0.05) is 5.56 Å². The van der Waals surface area contributed by atoms with Crippen molar-refractivity contribution in [3.05, 3.63) is 144 Å². The Kier molecular flexibility index (Phi) is 11.3. The van der Waals surface area contributed by atoms with Gasteiger partial charge in [-0.05, 0) is 28.8 Å². The first-order valence-corrected chi connectivity index (χ1v) is 13.1. The molecule has 0 unspecified atom stereocenters. The van der Waals surface area contributed by atoms with Crippen LogP contribution in [0.1, 0.15) is 27.0 Å². The van der Waals surface area contributed by atoms with Crippen molar-refractivity contribution in [2.24, 2.45) is 0 Å². The van der Waals surface area contributed by atoms with Crippen LogP contribution < -0.4 is 5.32 Å². The van der Waals surface area contributed by atoms with Gasteiger partial charge < -0.3 is 24.6 Å². The van der Waals surface area contributed by atoms with Crippen molar-refractivity contribution in [2.75, 3.05) is 13.2 Å². The van der Waals surface area contributed by atoms with Gasteiger partial charge in [0.2, 0.25) is 0 Å². The number of aliphatic hydroxyl groups excluding tert-OH is 1. The monoisotopic (exact) mass is 525 g/mol. The van der Waals surface area contributed by atoms with E-state index >= 15 is 0 Å². The lowest BCUT2D eigenvalue weighted by Crippen LogP contribution is -2.54. The predicted octanol–water partition coefficient (Wildman–Crippen LogP) is 5.16. The minimum absolute atomic E-state index is 0.165. The summed E-state index contributed by atoms with van der Waals surface area (Å²) in [5.41, 5.74) is 3.49. The van der Waals surface area contributed by atoms with E-state index in [9.17, 15) is 9.90 Å². The third-order valence-corrected chi connectivity index (χ3v) is 6.30. The van der Waals surface area contributed by atoms with E-state index < -0.39 is 18.2 Å². The van der Waals surface area contributed by atoms with Crippen LogP contribution in [0.25, 0.3) is 0 Å². The van der Waals surface area contributed by atoms with E-state index in [1.54, 1.807) is 12.1 Å². The predicted molar refractivity (Wildman–Crippen MR) is 151 cm³/mol. The molecular formula is C33H35NO5. The molecule has 202 valence electrons. The molecule has 0 spiro atoms. The zero-order valence-corrected chi connectivity index (χ0v) is 21.9. The lowest BCUT2D eigenvalue weighted by Gasteiger charge is -2.33. The Bertz CT molecular complexity index is 1220.